The maximum Gasteiger partial charge on any atom is 0.320 e. The lowest BCUT2D eigenvalue weighted by Gasteiger charge is -2.34. The number of hydrogen-bond acceptors (Lipinski definition) is 2. The predicted molar refractivity (Wildman–Crippen MR) is 67.1 cm³/mol. The molecule has 1 aliphatic carbocycles. The molecule has 1 aliphatic heterocycles. The van der Waals surface area contributed by atoms with Crippen molar-refractivity contribution in [2.75, 3.05) is 33.2 Å². The molecule has 0 aromatic rings. The molecule has 0 aromatic carbocycles. The molecule has 0 atom stereocenters. The fourth-order valence-electron chi connectivity index (χ4n) is 2.53. The Labute approximate surface area is 104 Å². The van der Waals surface area contributed by atoms with Crippen LogP contribution in [0, 0.1) is 0 Å². The van der Waals surface area contributed by atoms with Crippen LogP contribution in [-0.2, 0) is 0 Å². The van der Waals surface area contributed by atoms with E-state index in [9.17, 15) is 4.79 Å². The first-order valence-corrected chi connectivity index (χ1v) is 6.01. The number of carbonyl (C=O) groups is 1. The van der Waals surface area contributed by atoms with Gasteiger partial charge in [-0.15, -0.1) is 12.4 Å². The van der Waals surface area contributed by atoms with Gasteiger partial charge in [0.1, 0.15) is 0 Å². The molecule has 0 unspecified atom stereocenters. The van der Waals surface area contributed by atoms with Crippen LogP contribution >= 0.6 is 12.4 Å². The molecular weight excluding hydrogens is 226 g/mol. The standard InChI is InChI=1S/C11H21N3O.ClH/c1-13(10-4-2-3-5-10)11(15)14-8-6-12-7-9-14;/h10,12H,2-9H2,1H3;1H. The van der Waals surface area contributed by atoms with Crippen molar-refractivity contribution in [2.24, 2.45) is 0 Å². The zero-order valence-corrected chi connectivity index (χ0v) is 10.8. The highest BCUT2D eigenvalue weighted by molar-refractivity contribution is 5.85. The van der Waals surface area contributed by atoms with Gasteiger partial charge < -0.3 is 15.1 Å². The van der Waals surface area contributed by atoms with Crippen molar-refractivity contribution < 1.29 is 4.79 Å². The number of rotatable bonds is 1. The molecule has 2 amide bonds. The van der Waals surface area contributed by atoms with Gasteiger partial charge in [-0.2, -0.15) is 0 Å². The van der Waals surface area contributed by atoms with Gasteiger partial charge in [0.2, 0.25) is 0 Å². The molecule has 1 heterocycles. The van der Waals surface area contributed by atoms with Crippen molar-refractivity contribution in [1.29, 1.82) is 0 Å². The molecule has 4 nitrogen and oxygen atoms in total. The molecule has 0 spiro atoms. The maximum absolute atomic E-state index is 12.1. The second kappa shape index (κ2) is 6.30. The first-order chi connectivity index (χ1) is 7.29. The molecule has 5 heteroatoms. The van der Waals surface area contributed by atoms with Crippen LogP contribution in [0.2, 0.25) is 0 Å². The molecule has 1 saturated carbocycles. The summed E-state index contributed by atoms with van der Waals surface area (Å²) in [7, 11) is 1.96. The molecule has 1 N–H and O–H groups in total. The van der Waals surface area contributed by atoms with E-state index in [1.54, 1.807) is 0 Å². The van der Waals surface area contributed by atoms with E-state index in [2.05, 4.69) is 5.32 Å². The van der Waals surface area contributed by atoms with Crippen molar-refractivity contribution in [3.05, 3.63) is 0 Å². The van der Waals surface area contributed by atoms with E-state index in [1.165, 1.54) is 25.7 Å². The van der Waals surface area contributed by atoms with E-state index in [1.807, 2.05) is 16.8 Å². The third-order valence-electron chi connectivity index (χ3n) is 3.56. The van der Waals surface area contributed by atoms with Crippen LogP contribution in [0.3, 0.4) is 0 Å². The Morgan fingerprint density at radius 1 is 1.25 bits per heavy atom. The van der Waals surface area contributed by atoms with Crippen LogP contribution in [0.5, 0.6) is 0 Å². The average Bonchev–Trinajstić information content (AvgIpc) is 2.82. The third-order valence-corrected chi connectivity index (χ3v) is 3.56. The monoisotopic (exact) mass is 247 g/mol. The van der Waals surface area contributed by atoms with Crippen LogP contribution in [0.4, 0.5) is 4.79 Å². The number of hydrogen-bond donors (Lipinski definition) is 1. The van der Waals surface area contributed by atoms with E-state index in [0.717, 1.165) is 26.2 Å². The Balaban J connectivity index is 0.00000128. The molecule has 2 fully saturated rings. The number of nitrogens with one attached hydrogen (secondary N) is 1. The van der Waals surface area contributed by atoms with Crippen molar-refractivity contribution in [3.63, 3.8) is 0 Å². The fraction of sp³-hybridized carbons (Fsp3) is 0.909. The first kappa shape index (κ1) is 13.6. The number of halogens is 1. The maximum atomic E-state index is 12.1. The van der Waals surface area contributed by atoms with Gasteiger partial charge in [0, 0.05) is 39.3 Å². The van der Waals surface area contributed by atoms with E-state index >= 15 is 0 Å². The minimum absolute atomic E-state index is 0. The topological polar surface area (TPSA) is 35.6 Å². The SMILES string of the molecule is CN(C(=O)N1CCNCC1)C1CCCC1.Cl. The molecule has 2 aliphatic rings. The number of nitrogens with zero attached hydrogens (tertiary/aromatic N) is 2. The van der Waals surface area contributed by atoms with Crippen molar-refractivity contribution >= 4 is 18.4 Å². The zero-order chi connectivity index (χ0) is 10.7. The van der Waals surface area contributed by atoms with Crippen LogP contribution in [0.1, 0.15) is 25.7 Å². The number of urea groups is 1. The summed E-state index contributed by atoms with van der Waals surface area (Å²) in [5, 5.41) is 3.27. The van der Waals surface area contributed by atoms with Gasteiger partial charge in [0.15, 0.2) is 0 Å². The number of piperazine rings is 1. The van der Waals surface area contributed by atoms with Crippen molar-refractivity contribution in [3.8, 4) is 0 Å². The Kier molecular flexibility index (Phi) is 5.35. The van der Waals surface area contributed by atoms with E-state index < -0.39 is 0 Å². The summed E-state index contributed by atoms with van der Waals surface area (Å²) < 4.78 is 0. The summed E-state index contributed by atoms with van der Waals surface area (Å²) in [6, 6.07) is 0.718. The predicted octanol–water partition coefficient (Wildman–Crippen LogP) is 1.31. The average molecular weight is 248 g/mol. The molecule has 0 bridgehead atoms. The van der Waals surface area contributed by atoms with Gasteiger partial charge in [-0.05, 0) is 12.8 Å². The van der Waals surface area contributed by atoms with Crippen LogP contribution in [-0.4, -0.2) is 55.1 Å². The van der Waals surface area contributed by atoms with Gasteiger partial charge in [-0.3, -0.25) is 0 Å². The highest BCUT2D eigenvalue weighted by atomic mass is 35.5. The number of amides is 2. The quantitative estimate of drug-likeness (QED) is 0.759. The third kappa shape index (κ3) is 3.01. The summed E-state index contributed by atoms with van der Waals surface area (Å²) in [4.78, 5) is 16.0. The summed E-state index contributed by atoms with van der Waals surface area (Å²) >= 11 is 0. The number of carbonyl (C=O) groups excluding carboxylic acids is 1. The Bertz CT molecular complexity index is 225. The van der Waals surface area contributed by atoms with Crippen LogP contribution in [0.25, 0.3) is 0 Å². The van der Waals surface area contributed by atoms with Crippen LogP contribution < -0.4 is 5.32 Å². The summed E-state index contributed by atoms with van der Waals surface area (Å²) in [6.07, 6.45) is 4.94. The highest BCUT2D eigenvalue weighted by Gasteiger charge is 2.27. The van der Waals surface area contributed by atoms with E-state index in [0.29, 0.717) is 6.04 Å². The minimum Gasteiger partial charge on any atom is -0.325 e. The Morgan fingerprint density at radius 3 is 2.38 bits per heavy atom. The molecular formula is C11H22ClN3O. The summed E-state index contributed by atoms with van der Waals surface area (Å²) in [5.41, 5.74) is 0. The second-order valence-electron chi connectivity index (χ2n) is 4.57. The summed E-state index contributed by atoms with van der Waals surface area (Å²) in [6.45, 7) is 3.58. The molecule has 16 heavy (non-hydrogen) atoms. The summed E-state index contributed by atoms with van der Waals surface area (Å²) in [5.74, 6) is 0. The molecule has 2 rings (SSSR count). The van der Waals surface area contributed by atoms with Gasteiger partial charge in [-0.25, -0.2) is 4.79 Å². The van der Waals surface area contributed by atoms with Gasteiger partial charge in [0.25, 0.3) is 0 Å². The molecule has 0 aromatic heterocycles. The van der Waals surface area contributed by atoms with E-state index in [4.69, 9.17) is 0 Å². The Morgan fingerprint density at radius 2 is 1.81 bits per heavy atom. The Hall–Kier alpha value is -0.480. The lowest BCUT2D eigenvalue weighted by molar-refractivity contribution is 0.141. The van der Waals surface area contributed by atoms with E-state index in [-0.39, 0.29) is 18.4 Å². The largest absolute Gasteiger partial charge is 0.325 e. The first-order valence-electron chi connectivity index (χ1n) is 6.01. The highest BCUT2D eigenvalue weighted by Crippen LogP contribution is 2.23. The molecule has 94 valence electrons. The zero-order valence-electron chi connectivity index (χ0n) is 9.95. The lowest BCUT2D eigenvalue weighted by Crippen LogP contribution is -2.52. The van der Waals surface area contributed by atoms with Gasteiger partial charge in [-0.1, -0.05) is 12.8 Å². The van der Waals surface area contributed by atoms with Crippen molar-refractivity contribution in [2.45, 2.75) is 31.7 Å². The van der Waals surface area contributed by atoms with Crippen LogP contribution in [0.15, 0.2) is 0 Å². The normalized spacial score (nSPS) is 21.7. The molecule has 1 saturated heterocycles. The van der Waals surface area contributed by atoms with Crippen molar-refractivity contribution in [1.82, 2.24) is 15.1 Å². The lowest BCUT2D eigenvalue weighted by atomic mass is 10.2. The second-order valence-corrected chi connectivity index (χ2v) is 4.57. The fourth-order valence-corrected chi connectivity index (χ4v) is 2.53. The van der Waals surface area contributed by atoms with Gasteiger partial charge in [0.05, 0.1) is 0 Å². The smallest absolute Gasteiger partial charge is 0.320 e. The molecule has 0 radical (unpaired) electrons. The minimum atomic E-state index is 0. The van der Waals surface area contributed by atoms with Gasteiger partial charge >= 0.3 is 6.03 Å².